The Morgan fingerprint density at radius 2 is 2.00 bits per heavy atom. The highest BCUT2D eigenvalue weighted by atomic mass is 35.5. The van der Waals surface area contributed by atoms with E-state index >= 15 is 0 Å². The van der Waals surface area contributed by atoms with Crippen molar-refractivity contribution in [2.75, 3.05) is 13.1 Å². The number of pyridine rings is 1. The van der Waals surface area contributed by atoms with Gasteiger partial charge >= 0.3 is 0 Å². The molecule has 1 aromatic carbocycles. The Kier molecular flexibility index (Phi) is 5.36. The number of rotatable bonds is 5. The van der Waals surface area contributed by atoms with Gasteiger partial charge in [0.25, 0.3) is 5.91 Å². The van der Waals surface area contributed by atoms with Crippen molar-refractivity contribution in [2.24, 2.45) is 0 Å². The summed E-state index contributed by atoms with van der Waals surface area (Å²) >= 11 is 6.07. The third kappa shape index (κ3) is 4.18. The summed E-state index contributed by atoms with van der Waals surface area (Å²) in [6.45, 7) is 1.49. The monoisotopic (exact) mass is 379 g/mol. The minimum Gasteiger partial charge on any atom is -0.339 e. The number of likely N-dealkylation sites (tertiary alicyclic amines) is 1. The molecule has 1 saturated heterocycles. The maximum atomic E-state index is 12.6. The molecule has 6 nitrogen and oxygen atoms in total. The number of aromatic nitrogens is 1. The molecular weight excluding hydrogens is 362 g/mol. The first kappa shape index (κ1) is 17.8. The van der Waals surface area contributed by atoms with E-state index in [1.807, 2.05) is 0 Å². The minimum atomic E-state index is -3.85. The average molecular weight is 380 g/mol. The van der Waals surface area contributed by atoms with Gasteiger partial charge in [-0.1, -0.05) is 17.7 Å². The summed E-state index contributed by atoms with van der Waals surface area (Å²) in [7, 11) is -3.85. The van der Waals surface area contributed by atoms with Gasteiger partial charge in [0.05, 0.1) is 5.02 Å². The quantitative estimate of drug-likeness (QED) is 0.865. The lowest BCUT2D eigenvalue weighted by Crippen LogP contribution is -2.28. The Morgan fingerprint density at radius 3 is 2.68 bits per heavy atom. The number of hydrogen-bond donors (Lipinski definition) is 1. The first-order valence-corrected chi connectivity index (χ1v) is 9.81. The lowest BCUT2D eigenvalue weighted by atomic mass is 10.2. The largest absolute Gasteiger partial charge is 0.339 e. The molecule has 8 heteroatoms. The van der Waals surface area contributed by atoms with Gasteiger partial charge in [-0.15, -0.1) is 0 Å². The molecule has 0 aliphatic carbocycles. The molecule has 0 bridgehead atoms. The SMILES string of the molecule is O=C(c1ccc(Cl)c(S(=O)(=O)NCc2cccnc2)c1)N1CCCC1. The number of carbonyl (C=O) groups excluding carboxylic acids is 1. The van der Waals surface area contributed by atoms with E-state index in [9.17, 15) is 13.2 Å². The molecule has 25 heavy (non-hydrogen) atoms. The Labute approximate surface area is 151 Å². The normalized spacial score (nSPS) is 14.7. The summed E-state index contributed by atoms with van der Waals surface area (Å²) < 4.78 is 27.7. The predicted octanol–water partition coefficient (Wildman–Crippen LogP) is 2.45. The van der Waals surface area contributed by atoms with Gasteiger partial charge in [-0.05, 0) is 42.7 Å². The Balaban J connectivity index is 1.82. The molecule has 1 aliphatic heterocycles. The third-order valence-corrected chi connectivity index (χ3v) is 5.93. The number of sulfonamides is 1. The van der Waals surface area contributed by atoms with E-state index in [0.717, 1.165) is 18.4 Å². The molecule has 0 unspecified atom stereocenters. The average Bonchev–Trinajstić information content (AvgIpc) is 3.15. The lowest BCUT2D eigenvalue weighted by molar-refractivity contribution is 0.0792. The van der Waals surface area contributed by atoms with E-state index in [1.165, 1.54) is 12.1 Å². The highest BCUT2D eigenvalue weighted by Gasteiger charge is 2.23. The van der Waals surface area contributed by atoms with Crippen molar-refractivity contribution in [3.8, 4) is 0 Å². The van der Waals surface area contributed by atoms with Crippen molar-refractivity contribution in [2.45, 2.75) is 24.3 Å². The molecule has 1 aromatic heterocycles. The zero-order chi connectivity index (χ0) is 17.9. The van der Waals surface area contributed by atoms with Crippen LogP contribution in [0.1, 0.15) is 28.8 Å². The van der Waals surface area contributed by atoms with Crippen LogP contribution < -0.4 is 4.72 Å². The van der Waals surface area contributed by atoms with E-state index in [2.05, 4.69) is 9.71 Å². The van der Waals surface area contributed by atoms with Crippen LogP contribution in [0.15, 0.2) is 47.6 Å². The number of halogens is 1. The van der Waals surface area contributed by atoms with Crippen LogP contribution in [0.5, 0.6) is 0 Å². The summed E-state index contributed by atoms with van der Waals surface area (Å²) in [6, 6.07) is 7.84. The lowest BCUT2D eigenvalue weighted by Gasteiger charge is -2.16. The standard InChI is InChI=1S/C17H18ClN3O3S/c18-15-6-5-14(17(22)21-8-1-2-9-21)10-16(15)25(23,24)20-12-13-4-3-7-19-11-13/h3-7,10-11,20H,1-2,8-9,12H2. The highest BCUT2D eigenvalue weighted by molar-refractivity contribution is 7.89. The molecule has 3 rings (SSSR count). The van der Waals surface area contributed by atoms with Crippen LogP contribution in [0.4, 0.5) is 0 Å². The summed E-state index contributed by atoms with van der Waals surface area (Å²) in [5.41, 5.74) is 1.06. The summed E-state index contributed by atoms with van der Waals surface area (Å²) in [5, 5.41) is 0.0802. The second-order valence-corrected chi connectivity index (χ2v) is 7.97. The summed E-state index contributed by atoms with van der Waals surface area (Å²) in [4.78, 5) is 18.1. The van der Waals surface area contributed by atoms with Crippen molar-refractivity contribution in [3.05, 3.63) is 58.9 Å². The molecule has 0 saturated carbocycles. The van der Waals surface area contributed by atoms with Gasteiger partial charge in [0, 0.05) is 37.6 Å². The van der Waals surface area contributed by atoms with E-state index in [-0.39, 0.29) is 22.4 Å². The molecule has 132 valence electrons. The van der Waals surface area contributed by atoms with Crippen molar-refractivity contribution in [1.29, 1.82) is 0 Å². The van der Waals surface area contributed by atoms with Crippen LogP contribution >= 0.6 is 11.6 Å². The smallest absolute Gasteiger partial charge is 0.253 e. The first-order valence-electron chi connectivity index (χ1n) is 7.95. The zero-order valence-corrected chi connectivity index (χ0v) is 15.1. The molecule has 1 N–H and O–H groups in total. The summed E-state index contributed by atoms with van der Waals surface area (Å²) in [6.07, 6.45) is 5.13. The van der Waals surface area contributed by atoms with Crippen LogP contribution in [0, 0.1) is 0 Å². The molecule has 1 fully saturated rings. The molecule has 1 aliphatic rings. The maximum Gasteiger partial charge on any atom is 0.253 e. The third-order valence-electron chi connectivity index (χ3n) is 4.05. The van der Waals surface area contributed by atoms with Crippen LogP contribution in [0.2, 0.25) is 5.02 Å². The van der Waals surface area contributed by atoms with E-state index < -0.39 is 10.0 Å². The highest BCUT2D eigenvalue weighted by Crippen LogP contribution is 2.24. The zero-order valence-electron chi connectivity index (χ0n) is 13.5. The topological polar surface area (TPSA) is 79.4 Å². The molecule has 2 heterocycles. The number of benzene rings is 1. The molecular formula is C17H18ClN3O3S. The number of nitrogens with zero attached hydrogens (tertiary/aromatic N) is 2. The van der Waals surface area contributed by atoms with Crippen molar-refractivity contribution in [3.63, 3.8) is 0 Å². The number of hydrogen-bond acceptors (Lipinski definition) is 4. The Bertz CT molecular complexity index is 866. The van der Waals surface area contributed by atoms with Crippen molar-refractivity contribution >= 4 is 27.5 Å². The first-order chi connectivity index (χ1) is 12.0. The van der Waals surface area contributed by atoms with Crippen LogP contribution in [0.25, 0.3) is 0 Å². The van der Waals surface area contributed by atoms with Crippen LogP contribution in [-0.4, -0.2) is 37.3 Å². The van der Waals surface area contributed by atoms with Gasteiger partial charge < -0.3 is 4.90 Å². The molecule has 1 amide bonds. The van der Waals surface area contributed by atoms with E-state index in [0.29, 0.717) is 18.7 Å². The second-order valence-electron chi connectivity index (χ2n) is 5.83. The van der Waals surface area contributed by atoms with Gasteiger partial charge in [-0.2, -0.15) is 0 Å². The summed E-state index contributed by atoms with van der Waals surface area (Å²) in [5.74, 6) is -0.169. The fourth-order valence-corrected chi connectivity index (χ4v) is 4.25. The van der Waals surface area contributed by atoms with Crippen LogP contribution in [-0.2, 0) is 16.6 Å². The minimum absolute atomic E-state index is 0.0802. The van der Waals surface area contributed by atoms with Crippen molar-refractivity contribution < 1.29 is 13.2 Å². The Morgan fingerprint density at radius 1 is 1.24 bits per heavy atom. The molecule has 2 aromatic rings. The van der Waals surface area contributed by atoms with Gasteiger partial charge in [-0.3, -0.25) is 9.78 Å². The molecule has 0 spiro atoms. The fraction of sp³-hybridized carbons (Fsp3) is 0.294. The van der Waals surface area contributed by atoms with Gasteiger partial charge in [0.15, 0.2) is 0 Å². The fourth-order valence-electron chi connectivity index (χ4n) is 2.70. The number of carbonyl (C=O) groups is 1. The molecule has 0 atom stereocenters. The van der Waals surface area contributed by atoms with Crippen LogP contribution in [0.3, 0.4) is 0 Å². The number of amides is 1. The van der Waals surface area contributed by atoms with Gasteiger partial charge in [-0.25, -0.2) is 13.1 Å². The predicted molar refractivity (Wildman–Crippen MR) is 94.9 cm³/mol. The van der Waals surface area contributed by atoms with E-state index in [1.54, 1.807) is 35.5 Å². The maximum absolute atomic E-state index is 12.6. The molecule has 0 radical (unpaired) electrons. The van der Waals surface area contributed by atoms with E-state index in [4.69, 9.17) is 11.6 Å². The number of nitrogens with one attached hydrogen (secondary N) is 1. The van der Waals surface area contributed by atoms with Crippen molar-refractivity contribution in [1.82, 2.24) is 14.6 Å². The second kappa shape index (κ2) is 7.51. The Hall–Kier alpha value is -1.96. The van der Waals surface area contributed by atoms with Gasteiger partial charge in [0.1, 0.15) is 4.90 Å². The van der Waals surface area contributed by atoms with Gasteiger partial charge in [0.2, 0.25) is 10.0 Å².